The summed E-state index contributed by atoms with van der Waals surface area (Å²) in [6, 6.07) is 2.95. The van der Waals surface area contributed by atoms with Gasteiger partial charge in [-0.25, -0.2) is 13.4 Å². The fraction of sp³-hybridized carbons (Fsp3) is 0.583. The van der Waals surface area contributed by atoms with Crippen LogP contribution >= 0.6 is 0 Å². The largest absolute Gasteiger partial charge is 0.384 e. The molecule has 1 aliphatic carbocycles. The summed E-state index contributed by atoms with van der Waals surface area (Å²) in [5.74, 6) is 1.35. The van der Waals surface area contributed by atoms with Gasteiger partial charge >= 0.3 is 0 Å². The Bertz CT molecular complexity index is 546. The SMILES string of the molecule is Nc1cc(S(=O)(=O)N2CC3CCCC3C2)ccn1. The molecule has 0 spiro atoms. The number of fused-ring (bicyclic) bond motifs is 1. The van der Waals surface area contributed by atoms with Gasteiger partial charge in [-0.15, -0.1) is 0 Å². The molecule has 2 aliphatic rings. The Kier molecular flexibility index (Phi) is 2.79. The van der Waals surface area contributed by atoms with Crippen molar-refractivity contribution in [3.8, 4) is 0 Å². The van der Waals surface area contributed by atoms with Crippen LogP contribution in [0.15, 0.2) is 23.2 Å². The van der Waals surface area contributed by atoms with Crippen LogP contribution in [0.2, 0.25) is 0 Å². The van der Waals surface area contributed by atoms with Crippen molar-refractivity contribution >= 4 is 15.8 Å². The van der Waals surface area contributed by atoms with Crippen LogP contribution in [-0.4, -0.2) is 30.8 Å². The van der Waals surface area contributed by atoms with Crippen molar-refractivity contribution in [1.29, 1.82) is 0 Å². The molecular formula is C12H17N3O2S. The molecule has 2 heterocycles. The lowest BCUT2D eigenvalue weighted by Gasteiger charge is -2.17. The van der Waals surface area contributed by atoms with E-state index < -0.39 is 10.0 Å². The first-order chi connectivity index (χ1) is 8.57. The van der Waals surface area contributed by atoms with Gasteiger partial charge in [-0.3, -0.25) is 0 Å². The molecule has 1 aliphatic heterocycles. The number of sulfonamides is 1. The molecule has 0 radical (unpaired) electrons. The molecule has 2 atom stereocenters. The van der Waals surface area contributed by atoms with Gasteiger partial charge in [-0.1, -0.05) is 6.42 Å². The van der Waals surface area contributed by atoms with Crippen molar-refractivity contribution < 1.29 is 8.42 Å². The summed E-state index contributed by atoms with van der Waals surface area (Å²) in [5, 5.41) is 0. The summed E-state index contributed by atoms with van der Waals surface area (Å²) in [6.45, 7) is 1.32. The number of nitrogen functional groups attached to an aromatic ring is 1. The Morgan fingerprint density at radius 3 is 2.56 bits per heavy atom. The molecule has 3 rings (SSSR count). The Labute approximate surface area is 107 Å². The third-order valence-corrected chi connectivity index (χ3v) is 5.91. The van der Waals surface area contributed by atoms with Gasteiger partial charge in [0.15, 0.2) is 0 Å². The molecule has 5 nitrogen and oxygen atoms in total. The molecule has 2 N–H and O–H groups in total. The Balaban J connectivity index is 1.87. The molecule has 1 saturated carbocycles. The first-order valence-corrected chi connectivity index (χ1v) is 7.73. The van der Waals surface area contributed by atoms with Gasteiger partial charge in [0.1, 0.15) is 5.82 Å². The maximum atomic E-state index is 12.5. The van der Waals surface area contributed by atoms with Crippen LogP contribution in [0, 0.1) is 11.8 Å². The normalized spacial score (nSPS) is 28.4. The molecule has 98 valence electrons. The quantitative estimate of drug-likeness (QED) is 0.870. The second-order valence-electron chi connectivity index (χ2n) is 5.19. The maximum absolute atomic E-state index is 12.5. The van der Waals surface area contributed by atoms with Crippen LogP contribution in [0.1, 0.15) is 19.3 Å². The summed E-state index contributed by atoms with van der Waals surface area (Å²) in [7, 11) is -3.39. The highest BCUT2D eigenvalue weighted by molar-refractivity contribution is 7.89. The first-order valence-electron chi connectivity index (χ1n) is 6.29. The van der Waals surface area contributed by atoms with Crippen LogP contribution in [0.3, 0.4) is 0 Å². The summed E-state index contributed by atoms with van der Waals surface area (Å²) in [6.07, 6.45) is 5.01. The smallest absolute Gasteiger partial charge is 0.243 e. The summed E-state index contributed by atoms with van der Waals surface area (Å²) < 4.78 is 26.5. The summed E-state index contributed by atoms with van der Waals surface area (Å²) in [4.78, 5) is 4.09. The third kappa shape index (κ3) is 1.89. The first kappa shape index (κ1) is 11.9. The third-order valence-electron chi connectivity index (χ3n) is 4.08. The Hall–Kier alpha value is -1.14. The standard InChI is InChI=1S/C12H17N3O2S/c13-12-6-11(4-5-14-12)18(16,17)15-7-9-2-1-3-10(9)8-15/h4-6,9-10H,1-3,7-8H2,(H2,13,14). The second-order valence-corrected chi connectivity index (χ2v) is 7.13. The number of anilines is 1. The Morgan fingerprint density at radius 2 is 1.94 bits per heavy atom. The minimum atomic E-state index is -3.39. The predicted molar refractivity (Wildman–Crippen MR) is 68.2 cm³/mol. The van der Waals surface area contributed by atoms with Crippen LogP contribution in [0.25, 0.3) is 0 Å². The molecule has 1 aromatic heterocycles. The Morgan fingerprint density at radius 1 is 1.28 bits per heavy atom. The minimum absolute atomic E-state index is 0.246. The van der Waals surface area contributed by atoms with E-state index in [-0.39, 0.29) is 10.7 Å². The second kappa shape index (κ2) is 4.20. The molecule has 0 amide bonds. The van der Waals surface area contributed by atoms with Crippen LogP contribution in [0.4, 0.5) is 5.82 Å². The molecular weight excluding hydrogens is 250 g/mol. The van der Waals surface area contributed by atoms with Crippen molar-refractivity contribution in [3.63, 3.8) is 0 Å². The number of hydrogen-bond donors (Lipinski definition) is 1. The number of pyridine rings is 1. The van der Waals surface area contributed by atoms with Gasteiger partial charge in [-0.05, 0) is 30.7 Å². The average Bonchev–Trinajstić information content (AvgIpc) is 2.89. The van der Waals surface area contributed by atoms with E-state index in [1.54, 1.807) is 4.31 Å². The van der Waals surface area contributed by atoms with Crippen molar-refractivity contribution in [3.05, 3.63) is 18.3 Å². The lowest BCUT2D eigenvalue weighted by Crippen LogP contribution is -2.29. The fourth-order valence-corrected chi connectivity index (χ4v) is 4.70. The highest BCUT2D eigenvalue weighted by atomic mass is 32.2. The number of nitrogens with two attached hydrogens (primary N) is 1. The van der Waals surface area contributed by atoms with E-state index in [4.69, 9.17) is 5.73 Å². The summed E-state index contributed by atoms with van der Waals surface area (Å²) in [5.41, 5.74) is 5.55. The van der Waals surface area contributed by atoms with E-state index in [0.717, 1.165) is 12.8 Å². The number of rotatable bonds is 2. The van der Waals surface area contributed by atoms with Crippen molar-refractivity contribution in [2.45, 2.75) is 24.2 Å². The monoisotopic (exact) mass is 267 g/mol. The molecule has 6 heteroatoms. The van der Waals surface area contributed by atoms with Crippen LogP contribution in [0.5, 0.6) is 0 Å². The van der Waals surface area contributed by atoms with E-state index in [1.807, 2.05) is 0 Å². The maximum Gasteiger partial charge on any atom is 0.243 e. The van der Waals surface area contributed by atoms with Gasteiger partial charge in [0, 0.05) is 25.4 Å². The van der Waals surface area contributed by atoms with Gasteiger partial charge in [0.25, 0.3) is 0 Å². The number of hydrogen-bond acceptors (Lipinski definition) is 4. The lowest BCUT2D eigenvalue weighted by molar-refractivity contribution is 0.445. The molecule has 0 bridgehead atoms. The number of aromatic nitrogens is 1. The highest BCUT2D eigenvalue weighted by Crippen LogP contribution is 2.39. The van der Waals surface area contributed by atoms with Gasteiger partial charge in [0.05, 0.1) is 4.90 Å². The van der Waals surface area contributed by atoms with Gasteiger partial charge in [-0.2, -0.15) is 4.31 Å². The molecule has 0 aromatic carbocycles. The van der Waals surface area contributed by atoms with E-state index >= 15 is 0 Å². The van der Waals surface area contributed by atoms with Gasteiger partial charge in [0.2, 0.25) is 10.0 Å². The zero-order valence-electron chi connectivity index (χ0n) is 10.1. The molecule has 18 heavy (non-hydrogen) atoms. The molecule has 2 unspecified atom stereocenters. The van der Waals surface area contributed by atoms with Crippen molar-refractivity contribution in [1.82, 2.24) is 9.29 Å². The highest BCUT2D eigenvalue weighted by Gasteiger charge is 2.41. The lowest BCUT2D eigenvalue weighted by atomic mass is 10.0. The minimum Gasteiger partial charge on any atom is -0.384 e. The van der Waals surface area contributed by atoms with Crippen molar-refractivity contribution in [2.75, 3.05) is 18.8 Å². The average molecular weight is 267 g/mol. The fourth-order valence-electron chi connectivity index (χ4n) is 3.13. The zero-order chi connectivity index (χ0) is 12.8. The van der Waals surface area contributed by atoms with E-state index in [1.165, 1.54) is 24.8 Å². The predicted octanol–water partition coefficient (Wildman–Crippen LogP) is 1.08. The molecule has 2 fully saturated rings. The van der Waals surface area contributed by atoms with Crippen LogP contribution < -0.4 is 5.73 Å². The van der Waals surface area contributed by atoms with Crippen molar-refractivity contribution in [2.24, 2.45) is 11.8 Å². The van der Waals surface area contributed by atoms with Crippen LogP contribution in [-0.2, 0) is 10.0 Å². The topological polar surface area (TPSA) is 76.3 Å². The van der Waals surface area contributed by atoms with Gasteiger partial charge < -0.3 is 5.73 Å². The molecule has 1 saturated heterocycles. The van der Waals surface area contributed by atoms with E-state index in [2.05, 4.69) is 4.98 Å². The zero-order valence-corrected chi connectivity index (χ0v) is 10.9. The number of nitrogens with zero attached hydrogens (tertiary/aromatic N) is 2. The van der Waals surface area contributed by atoms with E-state index in [0.29, 0.717) is 24.9 Å². The summed E-state index contributed by atoms with van der Waals surface area (Å²) >= 11 is 0. The molecule has 1 aromatic rings. The van der Waals surface area contributed by atoms with E-state index in [9.17, 15) is 8.42 Å².